The minimum Gasteiger partial charge on any atom is -0.481 e. The molecule has 1 atom stereocenters. The number of carboxylic acids is 1. The van der Waals surface area contributed by atoms with E-state index in [9.17, 15) is 18.0 Å². The molecule has 0 aliphatic rings. The summed E-state index contributed by atoms with van der Waals surface area (Å²) in [6.07, 6.45) is -4.45. The van der Waals surface area contributed by atoms with E-state index in [0.29, 0.717) is 10.9 Å². The van der Waals surface area contributed by atoms with Gasteiger partial charge in [-0.25, -0.2) is 0 Å². The molecule has 1 aromatic heterocycles. The first-order chi connectivity index (χ1) is 10.1. The van der Waals surface area contributed by atoms with E-state index in [-0.39, 0.29) is 18.4 Å². The fourth-order valence-electron chi connectivity index (χ4n) is 2.76. The SMILES string of the molecule is CC(CC(=O)O)c1cc2cc(C(F)(F)F)ccc2n1C(C)C. The van der Waals surface area contributed by atoms with Crippen LogP contribution in [0, 0.1) is 0 Å². The van der Waals surface area contributed by atoms with Gasteiger partial charge in [0.25, 0.3) is 0 Å². The molecule has 2 rings (SSSR count). The second-order valence-corrected chi connectivity index (χ2v) is 5.80. The van der Waals surface area contributed by atoms with Crippen molar-refractivity contribution in [3.8, 4) is 0 Å². The Balaban J connectivity index is 2.61. The van der Waals surface area contributed by atoms with Crippen LogP contribution in [-0.4, -0.2) is 15.6 Å². The van der Waals surface area contributed by atoms with Gasteiger partial charge in [0.2, 0.25) is 0 Å². The molecule has 0 bridgehead atoms. The first-order valence-electron chi connectivity index (χ1n) is 7.05. The zero-order chi connectivity index (χ0) is 16.7. The van der Waals surface area contributed by atoms with Crippen LogP contribution in [0.4, 0.5) is 13.2 Å². The lowest BCUT2D eigenvalue weighted by Gasteiger charge is -2.18. The van der Waals surface area contributed by atoms with E-state index in [2.05, 4.69) is 0 Å². The lowest BCUT2D eigenvalue weighted by Crippen LogP contribution is -2.11. The zero-order valence-corrected chi connectivity index (χ0v) is 12.6. The summed E-state index contributed by atoms with van der Waals surface area (Å²) in [6, 6.07) is 5.33. The maximum absolute atomic E-state index is 12.8. The number of aliphatic carboxylic acids is 1. The monoisotopic (exact) mass is 313 g/mol. The summed E-state index contributed by atoms with van der Waals surface area (Å²) in [5, 5.41) is 9.42. The predicted molar refractivity (Wildman–Crippen MR) is 78.0 cm³/mol. The number of alkyl halides is 3. The van der Waals surface area contributed by atoms with Gasteiger partial charge in [-0.3, -0.25) is 4.79 Å². The lowest BCUT2D eigenvalue weighted by molar-refractivity contribution is -0.138. The third-order valence-electron chi connectivity index (χ3n) is 3.70. The highest BCUT2D eigenvalue weighted by Crippen LogP contribution is 2.35. The van der Waals surface area contributed by atoms with Crippen LogP contribution in [-0.2, 0) is 11.0 Å². The fourth-order valence-corrected chi connectivity index (χ4v) is 2.76. The van der Waals surface area contributed by atoms with Crippen molar-refractivity contribution >= 4 is 16.9 Å². The second-order valence-electron chi connectivity index (χ2n) is 5.80. The summed E-state index contributed by atoms with van der Waals surface area (Å²) in [7, 11) is 0. The van der Waals surface area contributed by atoms with Crippen molar-refractivity contribution in [2.24, 2.45) is 0 Å². The minimum absolute atomic E-state index is 0.0282. The van der Waals surface area contributed by atoms with Gasteiger partial charge in [0, 0.05) is 28.6 Å². The van der Waals surface area contributed by atoms with Gasteiger partial charge in [-0.15, -0.1) is 0 Å². The number of carboxylic acid groups (broad SMARTS) is 1. The molecule has 1 aromatic carbocycles. The molecular weight excluding hydrogens is 295 g/mol. The summed E-state index contributed by atoms with van der Waals surface area (Å²) in [4.78, 5) is 10.9. The fraction of sp³-hybridized carbons (Fsp3) is 0.438. The Bertz CT molecular complexity index is 701. The van der Waals surface area contributed by atoms with Gasteiger partial charge in [0.05, 0.1) is 12.0 Å². The molecule has 1 N–H and O–H groups in total. The van der Waals surface area contributed by atoms with Crippen molar-refractivity contribution in [2.75, 3.05) is 0 Å². The van der Waals surface area contributed by atoms with Crippen LogP contribution in [0.3, 0.4) is 0 Å². The highest BCUT2D eigenvalue weighted by molar-refractivity contribution is 5.83. The van der Waals surface area contributed by atoms with E-state index in [1.807, 2.05) is 18.4 Å². The van der Waals surface area contributed by atoms with Crippen molar-refractivity contribution in [3.63, 3.8) is 0 Å². The van der Waals surface area contributed by atoms with Crippen LogP contribution in [0.1, 0.15) is 50.4 Å². The zero-order valence-electron chi connectivity index (χ0n) is 12.6. The van der Waals surface area contributed by atoms with Crippen molar-refractivity contribution in [3.05, 3.63) is 35.5 Å². The topological polar surface area (TPSA) is 42.2 Å². The molecule has 0 aliphatic heterocycles. The molecule has 1 unspecified atom stereocenters. The normalized spacial score (nSPS) is 13.8. The van der Waals surface area contributed by atoms with Gasteiger partial charge < -0.3 is 9.67 Å². The molecule has 0 fully saturated rings. The van der Waals surface area contributed by atoms with E-state index in [1.165, 1.54) is 6.07 Å². The Morgan fingerprint density at radius 2 is 1.86 bits per heavy atom. The highest BCUT2D eigenvalue weighted by atomic mass is 19.4. The predicted octanol–water partition coefficient (Wildman–Crippen LogP) is 4.82. The molecule has 120 valence electrons. The van der Waals surface area contributed by atoms with Gasteiger partial charge in [-0.05, 0) is 38.1 Å². The molecule has 1 heterocycles. The van der Waals surface area contributed by atoms with E-state index in [0.717, 1.165) is 17.8 Å². The van der Waals surface area contributed by atoms with E-state index in [4.69, 9.17) is 5.11 Å². The maximum Gasteiger partial charge on any atom is 0.416 e. The minimum atomic E-state index is -4.39. The molecule has 0 aliphatic carbocycles. The molecule has 6 heteroatoms. The molecular formula is C16H18F3NO2. The summed E-state index contributed by atoms with van der Waals surface area (Å²) in [6.45, 7) is 5.62. The number of hydrogen-bond acceptors (Lipinski definition) is 1. The number of benzene rings is 1. The third kappa shape index (κ3) is 3.10. The number of hydrogen-bond donors (Lipinski definition) is 1. The Kier molecular flexibility index (Phi) is 4.22. The Morgan fingerprint density at radius 1 is 1.23 bits per heavy atom. The van der Waals surface area contributed by atoms with E-state index >= 15 is 0 Å². The molecule has 2 aromatic rings. The second kappa shape index (κ2) is 5.66. The molecule has 0 amide bonds. The molecule has 0 radical (unpaired) electrons. The Morgan fingerprint density at radius 3 is 2.36 bits per heavy atom. The number of rotatable bonds is 4. The van der Waals surface area contributed by atoms with Crippen LogP contribution in [0.25, 0.3) is 10.9 Å². The quantitative estimate of drug-likeness (QED) is 0.879. The van der Waals surface area contributed by atoms with E-state index in [1.54, 1.807) is 13.0 Å². The smallest absolute Gasteiger partial charge is 0.416 e. The molecule has 0 spiro atoms. The summed E-state index contributed by atoms with van der Waals surface area (Å²) < 4.78 is 40.4. The number of fused-ring (bicyclic) bond motifs is 1. The van der Waals surface area contributed by atoms with Gasteiger partial charge in [-0.1, -0.05) is 6.92 Å². The molecule has 3 nitrogen and oxygen atoms in total. The number of halogens is 3. The van der Waals surface area contributed by atoms with Gasteiger partial charge >= 0.3 is 12.1 Å². The van der Waals surface area contributed by atoms with Crippen LogP contribution >= 0.6 is 0 Å². The first-order valence-corrected chi connectivity index (χ1v) is 7.05. The first kappa shape index (κ1) is 16.4. The van der Waals surface area contributed by atoms with Crippen LogP contribution in [0.5, 0.6) is 0 Å². The van der Waals surface area contributed by atoms with Crippen molar-refractivity contribution in [1.29, 1.82) is 0 Å². The van der Waals surface area contributed by atoms with Crippen LogP contribution < -0.4 is 0 Å². The van der Waals surface area contributed by atoms with E-state index < -0.39 is 17.7 Å². The van der Waals surface area contributed by atoms with Crippen LogP contribution in [0.15, 0.2) is 24.3 Å². The number of carbonyl (C=O) groups is 1. The number of nitrogens with zero attached hydrogens (tertiary/aromatic N) is 1. The molecule has 0 saturated carbocycles. The molecule has 22 heavy (non-hydrogen) atoms. The highest BCUT2D eigenvalue weighted by Gasteiger charge is 2.31. The summed E-state index contributed by atoms with van der Waals surface area (Å²) in [5.41, 5.74) is 0.736. The van der Waals surface area contributed by atoms with Gasteiger partial charge in [0.15, 0.2) is 0 Å². The van der Waals surface area contributed by atoms with Crippen molar-refractivity contribution < 1.29 is 23.1 Å². The maximum atomic E-state index is 12.8. The van der Waals surface area contributed by atoms with Gasteiger partial charge in [0.1, 0.15) is 0 Å². The average Bonchev–Trinajstić information content (AvgIpc) is 2.75. The largest absolute Gasteiger partial charge is 0.481 e. The lowest BCUT2D eigenvalue weighted by atomic mass is 10.0. The van der Waals surface area contributed by atoms with Crippen molar-refractivity contribution in [2.45, 2.75) is 45.3 Å². The van der Waals surface area contributed by atoms with Crippen LogP contribution in [0.2, 0.25) is 0 Å². The van der Waals surface area contributed by atoms with Crippen molar-refractivity contribution in [1.82, 2.24) is 4.57 Å². The Labute approximate surface area is 126 Å². The summed E-state index contributed by atoms with van der Waals surface area (Å²) in [5.74, 6) is -1.20. The molecule has 0 saturated heterocycles. The van der Waals surface area contributed by atoms with Gasteiger partial charge in [-0.2, -0.15) is 13.2 Å². The average molecular weight is 313 g/mol. The third-order valence-corrected chi connectivity index (χ3v) is 3.70. The standard InChI is InChI=1S/C16H18F3NO2/c1-9(2)20-13-5-4-12(16(17,18)19)7-11(13)8-14(20)10(3)6-15(21)22/h4-5,7-10H,6H2,1-3H3,(H,21,22). The Hall–Kier alpha value is -1.98. The number of aromatic nitrogens is 1. The summed E-state index contributed by atoms with van der Waals surface area (Å²) >= 11 is 0.